The highest BCUT2D eigenvalue weighted by molar-refractivity contribution is 7.92. The number of aromatic nitrogens is 2. The summed E-state index contributed by atoms with van der Waals surface area (Å²) < 4.78 is 29.1. The Morgan fingerprint density at radius 2 is 1.73 bits per heavy atom. The number of aryl methyl sites for hydroxylation is 1. The van der Waals surface area contributed by atoms with Gasteiger partial charge in [-0.3, -0.25) is 4.31 Å². The number of anilines is 1. The second-order valence-corrected chi connectivity index (χ2v) is 9.00. The molecule has 0 fully saturated rings. The molecule has 30 heavy (non-hydrogen) atoms. The minimum absolute atomic E-state index is 0.245. The minimum Gasteiger partial charge on any atom is -0.331 e. The van der Waals surface area contributed by atoms with Crippen molar-refractivity contribution in [3.8, 4) is 6.07 Å². The van der Waals surface area contributed by atoms with E-state index in [0.717, 1.165) is 22.4 Å². The van der Waals surface area contributed by atoms with Crippen LogP contribution in [0.4, 0.5) is 5.69 Å². The van der Waals surface area contributed by atoms with E-state index in [1.165, 1.54) is 4.31 Å². The van der Waals surface area contributed by atoms with Crippen molar-refractivity contribution in [3.63, 3.8) is 0 Å². The van der Waals surface area contributed by atoms with Gasteiger partial charge in [0.25, 0.3) is 10.0 Å². The zero-order chi connectivity index (χ0) is 21.3. The maximum Gasteiger partial charge on any atom is 0.264 e. The SMILES string of the molecule is CN(c1ccc2c(c1)nc(Cc1ccc(C#N)cc1)n2C)S(=O)(=O)c1ccccc1. The maximum absolute atomic E-state index is 12.9. The van der Waals surface area contributed by atoms with Gasteiger partial charge in [0.2, 0.25) is 0 Å². The molecule has 1 aromatic heterocycles. The molecule has 0 amide bonds. The van der Waals surface area contributed by atoms with Crippen molar-refractivity contribution in [2.45, 2.75) is 11.3 Å². The molecule has 0 saturated carbocycles. The molecule has 0 N–H and O–H groups in total. The van der Waals surface area contributed by atoms with E-state index in [4.69, 9.17) is 10.2 Å². The van der Waals surface area contributed by atoms with Gasteiger partial charge in [0.15, 0.2) is 0 Å². The Morgan fingerprint density at radius 3 is 2.40 bits per heavy atom. The Balaban J connectivity index is 1.67. The number of hydrogen-bond acceptors (Lipinski definition) is 4. The van der Waals surface area contributed by atoms with Crippen LogP contribution in [-0.2, 0) is 23.5 Å². The van der Waals surface area contributed by atoms with Crippen LogP contribution in [-0.4, -0.2) is 25.0 Å². The predicted molar refractivity (Wildman–Crippen MR) is 117 cm³/mol. The van der Waals surface area contributed by atoms with E-state index in [0.29, 0.717) is 17.7 Å². The second kappa shape index (κ2) is 7.65. The van der Waals surface area contributed by atoms with E-state index in [2.05, 4.69) is 6.07 Å². The molecule has 4 aromatic rings. The van der Waals surface area contributed by atoms with Crippen molar-refractivity contribution in [3.05, 3.63) is 89.7 Å². The third-order valence-corrected chi connectivity index (χ3v) is 6.97. The van der Waals surface area contributed by atoms with Crippen molar-refractivity contribution >= 4 is 26.7 Å². The van der Waals surface area contributed by atoms with E-state index in [1.54, 1.807) is 61.6 Å². The van der Waals surface area contributed by atoms with Crippen molar-refractivity contribution in [1.29, 1.82) is 5.26 Å². The Bertz CT molecular complexity index is 1350. The standard InChI is InChI=1S/C23H20N4O2S/c1-26-22-13-12-19(27(2)30(28,29)20-6-4-3-5-7-20)15-21(22)25-23(26)14-17-8-10-18(16-24)11-9-17/h3-13,15H,14H2,1-2H3. The van der Waals surface area contributed by atoms with Crippen LogP contribution < -0.4 is 4.31 Å². The highest BCUT2D eigenvalue weighted by atomic mass is 32.2. The summed E-state index contributed by atoms with van der Waals surface area (Å²) in [6, 6.07) is 23.4. The Morgan fingerprint density at radius 1 is 1.03 bits per heavy atom. The van der Waals surface area contributed by atoms with Crippen LogP contribution in [0.15, 0.2) is 77.7 Å². The van der Waals surface area contributed by atoms with Crippen LogP contribution in [0.5, 0.6) is 0 Å². The predicted octanol–water partition coefficient (Wildman–Crippen LogP) is 3.86. The summed E-state index contributed by atoms with van der Waals surface area (Å²) in [4.78, 5) is 4.97. The molecule has 7 heteroatoms. The number of hydrogen-bond donors (Lipinski definition) is 0. The van der Waals surface area contributed by atoms with Crippen LogP contribution >= 0.6 is 0 Å². The third-order valence-electron chi connectivity index (χ3n) is 5.17. The first kappa shape index (κ1) is 19.7. The van der Waals surface area contributed by atoms with Crippen molar-refractivity contribution in [1.82, 2.24) is 9.55 Å². The van der Waals surface area contributed by atoms with Gasteiger partial charge in [0.1, 0.15) is 5.82 Å². The first-order valence-corrected chi connectivity index (χ1v) is 10.8. The lowest BCUT2D eigenvalue weighted by Crippen LogP contribution is -2.26. The fourth-order valence-corrected chi connectivity index (χ4v) is 4.57. The molecular weight excluding hydrogens is 396 g/mol. The second-order valence-electron chi connectivity index (χ2n) is 7.03. The average Bonchev–Trinajstić information content (AvgIpc) is 3.09. The van der Waals surface area contributed by atoms with E-state index >= 15 is 0 Å². The normalized spacial score (nSPS) is 11.4. The van der Waals surface area contributed by atoms with E-state index in [-0.39, 0.29) is 4.90 Å². The number of fused-ring (bicyclic) bond motifs is 1. The fourth-order valence-electron chi connectivity index (χ4n) is 3.36. The quantitative estimate of drug-likeness (QED) is 0.495. The smallest absolute Gasteiger partial charge is 0.264 e. The molecule has 0 unspecified atom stereocenters. The molecular formula is C23H20N4O2S. The summed E-state index contributed by atoms with van der Waals surface area (Å²) in [5, 5.41) is 8.95. The van der Waals surface area contributed by atoms with Gasteiger partial charge < -0.3 is 4.57 Å². The van der Waals surface area contributed by atoms with Gasteiger partial charge in [-0.15, -0.1) is 0 Å². The zero-order valence-electron chi connectivity index (χ0n) is 16.6. The van der Waals surface area contributed by atoms with Crippen molar-refractivity contribution < 1.29 is 8.42 Å². The number of nitrogens with zero attached hydrogens (tertiary/aromatic N) is 4. The highest BCUT2D eigenvalue weighted by Crippen LogP contribution is 2.26. The molecule has 0 saturated heterocycles. The lowest BCUT2D eigenvalue weighted by Gasteiger charge is -2.19. The lowest BCUT2D eigenvalue weighted by atomic mass is 10.1. The largest absolute Gasteiger partial charge is 0.331 e. The Labute approximate surface area is 175 Å². The van der Waals surface area contributed by atoms with Crippen molar-refractivity contribution in [2.75, 3.05) is 11.4 Å². The molecule has 0 aliphatic heterocycles. The Hall–Kier alpha value is -3.63. The Kier molecular flexibility index (Phi) is 5.02. The van der Waals surface area contributed by atoms with Crippen LogP contribution in [0.25, 0.3) is 11.0 Å². The highest BCUT2D eigenvalue weighted by Gasteiger charge is 2.21. The van der Waals surface area contributed by atoms with Gasteiger partial charge >= 0.3 is 0 Å². The zero-order valence-corrected chi connectivity index (χ0v) is 17.5. The lowest BCUT2D eigenvalue weighted by molar-refractivity contribution is 0.594. The number of imidazole rings is 1. The topological polar surface area (TPSA) is 79.0 Å². The molecule has 0 spiro atoms. The van der Waals surface area contributed by atoms with E-state index < -0.39 is 10.0 Å². The summed E-state index contributed by atoms with van der Waals surface area (Å²) in [7, 11) is -0.158. The number of sulfonamides is 1. The fraction of sp³-hybridized carbons (Fsp3) is 0.130. The van der Waals surface area contributed by atoms with Crippen LogP contribution in [0.2, 0.25) is 0 Å². The molecule has 4 rings (SSSR count). The summed E-state index contributed by atoms with van der Waals surface area (Å²) in [5.41, 5.74) is 3.88. The molecule has 0 aliphatic rings. The van der Waals surface area contributed by atoms with Crippen LogP contribution in [0.3, 0.4) is 0 Å². The minimum atomic E-state index is -3.65. The van der Waals surface area contributed by atoms with Gasteiger partial charge in [-0.2, -0.15) is 5.26 Å². The average molecular weight is 417 g/mol. The van der Waals surface area contributed by atoms with E-state index in [9.17, 15) is 8.42 Å². The molecule has 0 radical (unpaired) electrons. The van der Waals surface area contributed by atoms with Crippen molar-refractivity contribution in [2.24, 2.45) is 7.05 Å². The van der Waals surface area contributed by atoms with E-state index in [1.807, 2.05) is 29.8 Å². The van der Waals surface area contributed by atoms with Gasteiger partial charge in [0, 0.05) is 20.5 Å². The number of benzene rings is 3. The summed E-state index contributed by atoms with van der Waals surface area (Å²) in [5.74, 6) is 0.862. The third kappa shape index (κ3) is 3.53. The monoisotopic (exact) mass is 416 g/mol. The van der Waals surface area contributed by atoms with Gasteiger partial charge in [0.05, 0.1) is 33.2 Å². The van der Waals surface area contributed by atoms with Gasteiger partial charge in [-0.1, -0.05) is 30.3 Å². The number of rotatable bonds is 5. The van der Waals surface area contributed by atoms with Gasteiger partial charge in [-0.25, -0.2) is 13.4 Å². The molecule has 0 aliphatic carbocycles. The summed E-state index contributed by atoms with van der Waals surface area (Å²) in [6.07, 6.45) is 0.615. The summed E-state index contributed by atoms with van der Waals surface area (Å²) >= 11 is 0. The van der Waals surface area contributed by atoms with Gasteiger partial charge in [-0.05, 0) is 48.0 Å². The molecule has 0 bridgehead atoms. The first-order valence-electron chi connectivity index (χ1n) is 9.38. The molecule has 6 nitrogen and oxygen atoms in total. The molecule has 0 atom stereocenters. The number of nitriles is 1. The molecule has 150 valence electrons. The maximum atomic E-state index is 12.9. The first-order chi connectivity index (χ1) is 14.4. The molecule has 1 heterocycles. The van der Waals surface area contributed by atoms with Crippen LogP contribution in [0.1, 0.15) is 17.0 Å². The molecule has 3 aromatic carbocycles. The summed E-state index contributed by atoms with van der Waals surface area (Å²) in [6.45, 7) is 0. The van der Waals surface area contributed by atoms with Crippen LogP contribution in [0, 0.1) is 11.3 Å².